The third-order valence-corrected chi connectivity index (χ3v) is 2.54. The summed E-state index contributed by atoms with van der Waals surface area (Å²) in [6.45, 7) is 5.24. The summed E-state index contributed by atoms with van der Waals surface area (Å²) < 4.78 is 10.2. The average Bonchev–Trinajstić information content (AvgIpc) is 2.09. The molecule has 0 N–H and O–H groups in total. The Bertz CT molecular complexity index is 234. The molecule has 1 fully saturated rings. The minimum atomic E-state index is -0.341. The highest BCUT2D eigenvalue weighted by molar-refractivity contribution is 5.72. The Balaban J connectivity index is 2.64. The molecule has 0 bridgehead atoms. The van der Waals surface area contributed by atoms with Crippen molar-refractivity contribution in [2.45, 2.75) is 45.8 Å². The molecule has 0 saturated carbocycles. The van der Waals surface area contributed by atoms with E-state index in [1.54, 1.807) is 0 Å². The number of rotatable bonds is 2. The Kier molecular flexibility index (Phi) is 3.49. The van der Waals surface area contributed by atoms with Crippen LogP contribution >= 0.6 is 0 Å². The molecular weight excluding hydrogens is 184 g/mol. The van der Waals surface area contributed by atoms with E-state index in [0.29, 0.717) is 0 Å². The molecule has 14 heavy (non-hydrogen) atoms. The van der Waals surface area contributed by atoms with Gasteiger partial charge in [0, 0.05) is 12.8 Å². The normalized spacial score (nSPS) is 32.2. The van der Waals surface area contributed by atoms with E-state index in [2.05, 4.69) is 0 Å². The Morgan fingerprint density at radius 3 is 2.79 bits per heavy atom. The van der Waals surface area contributed by atoms with Crippen molar-refractivity contribution in [3.05, 3.63) is 0 Å². The van der Waals surface area contributed by atoms with Crippen LogP contribution in [-0.4, -0.2) is 24.1 Å². The van der Waals surface area contributed by atoms with Crippen LogP contribution in [0.1, 0.15) is 33.6 Å². The SMILES string of the molecule is CC[C@@H]1OC(=O)C[C@H](OC(C)=O)[C@H]1C. The van der Waals surface area contributed by atoms with E-state index in [9.17, 15) is 9.59 Å². The van der Waals surface area contributed by atoms with E-state index in [1.807, 2.05) is 13.8 Å². The van der Waals surface area contributed by atoms with Gasteiger partial charge >= 0.3 is 11.9 Å². The van der Waals surface area contributed by atoms with Crippen LogP contribution in [0.5, 0.6) is 0 Å². The molecule has 0 aliphatic carbocycles. The van der Waals surface area contributed by atoms with Crippen LogP contribution in [0.15, 0.2) is 0 Å². The molecule has 0 spiro atoms. The van der Waals surface area contributed by atoms with Crippen molar-refractivity contribution in [3.63, 3.8) is 0 Å². The number of carbonyl (C=O) groups is 2. The van der Waals surface area contributed by atoms with Crippen LogP contribution in [0.25, 0.3) is 0 Å². The zero-order valence-electron chi connectivity index (χ0n) is 8.78. The molecule has 80 valence electrons. The fourth-order valence-corrected chi connectivity index (χ4v) is 1.73. The van der Waals surface area contributed by atoms with Crippen molar-refractivity contribution >= 4 is 11.9 Å². The maximum atomic E-state index is 11.2. The largest absolute Gasteiger partial charge is 0.462 e. The summed E-state index contributed by atoms with van der Waals surface area (Å²) in [5, 5.41) is 0. The van der Waals surface area contributed by atoms with E-state index in [1.165, 1.54) is 6.92 Å². The lowest BCUT2D eigenvalue weighted by molar-refractivity contribution is -0.176. The smallest absolute Gasteiger partial charge is 0.309 e. The first-order chi connectivity index (χ1) is 6.54. The minimum Gasteiger partial charge on any atom is -0.462 e. The van der Waals surface area contributed by atoms with Crippen LogP contribution in [0.3, 0.4) is 0 Å². The van der Waals surface area contributed by atoms with Crippen molar-refractivity contribution in [2.24, 2.45) is 5.92 Å². The van der Waals surface area contributed by atoms with E-state index in [0.717, 1.165) is 6.42 Å². The predicted octanol–water partition coefficient (Wildman–Crippen LogP) is 1.28. The van der Waals surface area contributed by atoms with Gasteiger partial charge in [0.25, 0.3) is 0 Å². The molecule has 4 heteroatoms. The Morgan fingerprint density at radius 2 is 2.29 bits per heavy atom. The first-order valence-corrected chi connectivity index (χ1v) is 4.91. The average molecular weight is 200 g/mol. The van der Waals surface area contributed by atoms with E-state index < -0.39 is 0 Å². The van der Waals surface area contributed by atoms with E-state index >= 15 is 0 Å². The Labute approximate surface area is 83.6 Å². The molecule has 1 rings (SSSR count). The van der Waals surface area contributed by atoms with Gasteiger partial charge in [0.1, 0.15) is 12.2 Å². The Morgan fingerprint density at radius 1 is 1.64 bits per heavy atom. The first kappa shape index (κ1) is 11.0. The number of cyclic esters (lactones) is 1. The van der Waals surface area contributed by atoms with Gasteiger partial charge in [-0.1, -0.05) is 13.8 Å². The van der Waals surface area contributed by atoms with Crippen LogP contribution in [-0.2, 0) is 19.1 Å². The van der Waals surface area contributed by atoms with Crippen LogP contribution in [0.2, 0.25) is 0 Å². The third-order valence-electron chi connectivity index (χ3n) is 2.54. The molecule has 0 radical (unpaired) electrons. The van der Waals surface area contributed by atoms with Gasteiger partial charge in [0.05, 0.1) is 6.42 Å². The number of esters is 2. The van der Waals surface area contributed by atoms with E-state index in [4.69, 9.17) is 9.47 Å². The topological polar surface area (TPSA) is 52.6 Å². The van der Waals surface area contributed by atoms with Gasteiger partial charge in [-0.2, -0.15) is 0 Å². The molecule has 1 aliphatic heterocycles. The minimum absolute atomic E-state index is 0.0848. The number of hydrogen-bond donors (Lipinski definition) is 0. The third kappa shape index (κ3) is 2.47. The molecule has 1 saturated heterocycles. The fourth-order valence-electron chi connectivity index (χ4n) is 1.73. The summed E-state index contributed by atoms with van der Waals surface area (Å²) in [4.78, 5) is 21.9. The highest BCUT2D eigenvalue weighted by Gasteiger charge is 2.36. The van der Waals surface area contributed by atoms with Gasteiger partial charge in [-0.05, 0) is 6.42 Å². The molecule has 0 aromatic rings. The van der Waals surface area contributed by atoms with Gasteiger partial charge in [-0.3, -0.25) is 9.59 Å². The quantitative estimate of drug-likeness (QED) is 0.630. The van der Waals surface area contributed by atoms with Crippen molar-refractivity contribution in [2.75, 3.05) is 0 Å². The predicted molar refractivity (Wildman–Crippen MR) is 49.5 cm³/mol. The molecular formula is C10H16O4. The van der Waals surface area contributed by atoms with Crippen molar-refractivity contribution in [3.8, 4) is 0 Å². The van der Waals surface area contributed by atoms with Crippen molar-refractivity contribution in [1.82, 2.24) is 0 Å². The standard InChI is InChI=1S/C10H16O4/c1-4-8-6(2)9(13-7(3)11)5-10(12)14-8/h6,8-9H,4-5H2,1-3H3/t6-,8-,9-/m0/s1. The lowest BCUT2D eigenvalue weighted by atomic mass is 9.91. The number of ether oxygens (including phenoxy) is 2. The number of hydrogen-bond acceptors (Lipinski definition) is 4. The zero-order valence-corrected chi connectivity index (χ0v) is 8.78. The molecule has 0 unspecified atom stereocenters. The summed E-state index contributed by atoms with van der Waals surface area (Å²) in [6, 6.07) is 0. The van der Waals surface area contributed by atoms with Gasteiger partial charge in [0.2, 0.25) is 0 Å². The van der Waals surface area contributed by atoms with Crippen LogP contribution in [0, 0.1) is 5.92 Å². The van der Waals surface area contributed by atoms with Crippen molar-refractivity contribution < 1.29 is 19.1 Å². The highest BCUT2D eigenvalue weighted by atomic mass is 16.6. The molecule has 1 heterocycles. The van der Waals surface area contributed by atoms with Gasteiger partial charge in [0.15, 0.2) is 0 Å². The first-order valence-electron chi connectivity index (χ1n) is 4.91. The summed E-state index contributed by atoms with van der Waals surface area (Å²) >= 11 is 0. The maximum absolute atomic E-state index is 11.2. The van der Waals surface area contributed by atoms with Crippen LogP contribution in [0.4, 0.5) is 0 Å². The van der Waals surface area contributed by atoms with Crippen LogP contribution < -0.4 is 0 Å². The van der Waals surface area contributed by atoms with E-state index in [-0.39, 0.29) is 36.5 Å². The zero-order chi connectivity index (χ0) is 10.7. The molecule has 4 nitrogen and oxygen atoms in total. The maximum Gasteiger partial charge on any atom is 0.309 e. The second-order valence-electron chi connectivity index (χ2n) is 3.65. The van der Waals surface area contributed by atoms with Crippen molar-refractivity contribution in [1.29, 1.82) is 0 Å². The number of carbonyl (C=O) groups excluding carboxylic acids is 2. The molecule has 3 atom stereocenters. The molecule has 1 aliphatic rings. The lowest BCUT2D eigenvalue weighted by Gasteiger charge is -2.33. The molecule has 0 aromatic carbocycles. The summed E-state index contributed by atoms with van der Waals surface area (Å²) in [7, 11) is 0. The fraction of sp³-hybridized carbons (Fsp3) is 0.800. The van der Waals surface area contributed by atoms with Gasteiger partial charge in [-0.25, -0.2) is 0 Å². The molecule has 0 amide bonds. The van der Waals surface area contributed by atoms with Gasteiger partial charge < -0.3 is 9.47 Å². The summed E-state index contributed by atoms with van der Waals surface area (Å²) in [5.74, 6) is -0.533. The highest BCUT2D eigenvalue weighted by Crippen LogP contribution is 2.26. The lowest BCUT2D eigenvalue weighted by Crippen LogP contribution is -2.42. The van der Waals surface area contributed by atoms with Gasteiger partial charge in [-0.15, -0.1) is 0 Å². The summed E-state index contributed by atoms with van der Waals surface area (Å²) in [5.41, 5.74) is 0. The summed E-state index contributed by atoms with van der Waals surface area (Å²) in [6.07, 6.45) is 0.487. The Hall–Kier alpha value is -1.06. The monoisotopic (exact) mass is 200 g/mol. The molecule has 0 aromatic heterocycles. The second kappa shape index (κ2) is 4.44. The second-order valence-corrected chi connectivity index (χ2v) is 3.65.